The van der Waals surface area contributed by atoms with Crippen molar-refractivity contribution < 1.29 is 5.11 Å². The first-order valence-corrected chi connectivity index (χ1v) is 7.93. The van der Waals surface area contributed by atoms with Crippen molar-refractivity contribution in [3.8, 4) is 0 Å². The fourth-order valence-electron chi connectivity index (χ4n) is 3.06. The van der Waals surface area contributed by atoms with Gasteiger partial charge in [0.2, 0.25) is 0 Å². The number of fused-ring (bicyclic) bond motifs is 1. The molecule has 0 unspecified atom stereocenters. The summed E-state index contributed by atoms with van der Waals surface area (Å²) in [6, 6.07) is 6.84. The van der Waals surface area contributed by atoms with E-state index in [4.69, 9.17) is 4.98 Å². The van der Waals surface area contributed by atoms with Crippen LogP contribution in [0.3, 0.4) is 0 Å². The van der Waals surface area contributed by atoms with Gasteiger partial charge < -0.3 is 19.7 Å². The van der Waals surface area contributed by atoms with Gasteiger partial charge in [-0.3, -0.25) is 0 Å². The number of aliphatic hydroxyl groups excluding tert-OH is 1. The van der Waals surface area contributed by atoms with Crippen LogP contribution in [0.2, 0.25) is 0 Å². The summed E-state index contributed by atoms with van der Waals surface area (Å²) in [6.45, 7) is 2.65. The third kappa shape index (κ3) is 2.63. The monoisotopic (exact) mass is 286 g/mol. The number of aliphatic hydroxyl groups is 1. The highest BCUT2D eigenvalue weighted by molar-refractivity contribution is 5.56. The van der Waals surface area contributed by atoms with Gasteiger partial charge in [-0.25, -0.2) is 4.98 Å². The second-order valence-electron chi connectivity index (χ2n) is 6.18. The largest absolute Gasteiger partial charge is 0.393 e. The van der Waals surface area contributed by atoms with Crippen LogP contribution in [0.25, 0.3) is 5.65 Å². The van der Waals surface area contributed by atoms with E-state index in [-0.39, 0.29) is 6.10 Å². The predicted molar refractivity (Wildman–Crippen MR) is 82.5 cm³/mol. The molecule has 21 heavy (non-hydrogen) atoms. The van der Waals surface area contributed by atoms with Crippen LogP contribution in [0.5, 0.6) is 0 Å². The Morgan fingerprint density at radius 3 is 2.76 bits per heavy atom. The van der Waals surface area contributed by atoms with Crippen LogP contribution >= 0.6 is 0 Å². The third-order valence-electron chi connectivity index (χ3n) is 4.51. The molecule has 112 valence electrons. The Kier molecular flexibility index (Phi) is 3.31. The van der Waals surface area contributed by atoms with Gasteiger partial charge in [-0.1, -0.05) is 6.07 Å². The average Bonchev–Trinajstić information content (AvgIpc) is 3.26. The number of hydrogen-bond acceptors (Lipinski definition) is 4. The number of imidazole rings is 1. The summed E-state index contributed by atoms with van der Waals surface area (Å²) in [5.41, 5.74) is 2.25. The molecular formula is C16H22N4O. The minimum atomic E-state index is -0.147. The van der Waals surface area contributed by atoms with E-state index in [1.165, 1.54) is 18.5 Å². The van der Waals surface area contributed by atoms with Crippen molar-refractivity contribution in [3.63, 3.8) is 0 Å². The molecule has 2 fully saturated rings. The minimum absolute atomic E-state index is 0.147. The molecule has 1 aliphatic heterocycles. The van der Waals surface area contributed by atoms with Crippen LogP contribution in [0.1, 0.15) is 31.4 Å². The number of nitrogens with zero attached hydrogens (tertiary/aromatic N) is 3. The molecule has 0 radical (unpaired) electrons. The van der Waals surface area contributed by atoms with Crippen molar-refractivity contribution >= 4 is 11.5 Å². The van der Waals surface area contributed by atoms with Gasteiger partial charge >= 0.3 is 0 Å². The Morgan fingerprint density at radius 1 is 1.19 bits per heavy atom. The molecule has 4 rings (SSSR count). The number of nitrogens with one attached hydrogen (secondary N) is 1. The Morgan fingerprint density at radius 2 is 2.00 bits per heavy atom. The molecule has 2 N–H and O–H groups in total. The normalized spacial score (nSPS) is 20.3. The summed E-state index contributed by atoms with van der Waals surface area (Å²) in [5.74, 6) is 1.08. The van der Waals surface area contributed by atoms with Crippen LogP contribution in [0, 0.1) is 0 Å². The summed E-state index contributed by atoms with van der Waals surface area (Å²) < 4.78 is 2.19. The van der Waals surface area contributed by atoms with E-state index in [9.17, 15) is 5.11 Å². The molecule has 0 bridgehead atoms. The van der Waals surface area contributed by atoms with E-state index in [2.05, 4.69) is 32.9 Å². The van der Waals surface area contributed by atoms with E-state index >= 15 is 0 Å². The Bertz CT molecular complexity index is 626. The van der Waals surface area contributed by atoms with Gasteiger partial charge in [-0.2, -0.15) is 0 Å². The Labute approximate surface area is 124 Å². The molecule has 5 heteroatoms. The van der Waals surface area contributed by atoms with E-state index in [0.717, 1.165) is 43.9 Å². The van der Waals surface area contributed by atoms with Crippen LogP contribution < -0.4 is 10.2 Å². The molecular weight excluding hydrogens is 264 g/mol. The lowest BCUT2D eigenvalue weighted by Gasteiger charge is -2.30. The van der Waals surface area contributed by atoms with Gasteiger partial charge in [0.1, 0.15) is 5.65 Å². The molecule has 2 aliphatic rings. The number of aromatic nitrogens is 2. The van der Waals surface area contributed by atoms with Gasteiger partial charge in [0.25, 0.3) is 0 Å². The quantitative estimate of drug-likeness (QED) is 0.895. The number of pyridine rings is 1. The average molecular weight is 286 g/mol. The van der Waals surface area contributed by atoms with Crippen LogP contribution in [0.15, 0.2) is 24.4 Å². The fraction of sp³-hybridized carbons (Fsp3) is 0.562. The van der Waals surface area contributed by atoms with Gasteiger partial charge in [0.15, 0.2) is 5.82 Å². The van der Waals surface area contributed by atoms with Gasteiger partial charge in [0, 0.05) is 31.9 Å². The molecule has 1 saturated heterocycles. The minimum Gasteiger partial charge on any atom is -0.393 e. The molecule has 0 atom stereocenters. The maximum atomic E-state index is 9.70. The molecule has 0 aromatic carbocycles. The zero-order chi connectivity index (χ0) is 14.2. The van der Waals surface area contributed by atoms with Gasteiger partial charge in [-0.05, 0) is 37.8 Å². The van der Waals surface area contributed by atoms with E-state index in [1.54, 1.807) is 0 Å². The van der Waals surface area contributed by atoms with Crippen LogP contribution in [-0.2, 0) is 6.54 Å². The molecule has 0 amide bonds. The van der Waals surface area contributed by atoms with Crippen molar-refractivity contribution in [2.24, 2.45) is 0 Å². The van der Waals surface area contributed by atoms with E-state index < -0.39 is 0 Å². The summed E-state index contributed by atoms with van der Waals surface area (Å²) in [6.07, 6.45) is 6.21. The summed E-state index contributed by atoms with van der Waals surface area (Å²) in [5, 5.41) is 13.3. The predicted octanol–water partition coefficient (Wildman–Crippen LogP) is 1.55. The lowest BCUT2D eigenvalue weighted by molar-refractivity contribution is 0.145. The molecule has 2 aromatic heterocycles. The SMILES string of the molecule is OC1CCN(c2nc3ccccn3c2CNC2CC2)CC1. The molecule has 1 aliphatic carbocycles. The van der Waals surface area contributed by atoms with Crippen LogP contribution in [0.4, 0.5) is 5.82 Å². The number of rotatable bonds is 4. The topological polar surface area (TPSA) is 52.8 Å². The van der Waals surface area contributed by atoms with E-state index in [0.29, 0.717) is 6.04 Å². The maximum absolute atomic E-state index is 9.70. The van der Waals surface area contributed by atoms with E-state index in [1.807, 2.05) is 6.07 Å². The first-order chi connectivity index (χ1) is 10.3. The third-order valence-corrected chi connectivity index (χ3v) is 4.51. The second kappa shape index (κ2) is 5.31. The Hall–Kier alpha value is -1.59. The standard InChI is InChI=1S/C16H22N4O/c21-13-6-9-19(10-7-13)16-14(11-17-12-4-5-12)20-8-2-1-3-15(20)18-16/h1-3,8,12-13,17,21H,4-7,9-11H2. The van der Waals surface area contributed by atoms with Crippen molar-refractivity contribution in [3.05, 3.63) is 30.1 Å². The Balaban J connectivity index is 1.66. The first-order valence-electron chi connectivity index (χ1n) is 7.93. The highest BCUT2D eigenvalue weighted by Crippen LogP contribution is 2.26. The second-order valence-corrected chi connectivity index (χ2v) is 6.18. The highest BCUT2D eigenvalue weighted by atomic mass is 16.3. The summed E-state index contributed by atoms with van der Waals surface area (Å²) in [7, 11) is 0. The zero-order valence-electron chi connectivity index (χ0n) is 12.2. The smallest absolute Gasteiger partial charge is 0.152 e. The van der Waals surface area contributed by atoms with Crippen molar-refractivity contribution in [1.29, 1.82) is 0 Å². The van der Waals surface area contributed by atoms with Gasteiger partial charge in [0.05, 0.1) is 11.8 Å². The lowest BCUT2D eigenvalue weighted by Crippen LogP contribution is -2.37. The molecule has 1 saturated carbocycles. The molecule has 3 heterocycles. The molecule has 2 aromatic rings. The zero-order valence-corrected chi connectivity index (χ0v) is 12.2. The number of hydrogen-bond donors (Lipinski definition) is 2. The summed E-state index contributed by atoms with van der Waals surface area (Å²) in [4.78, 5) is 7.15. The summed E-state index contributed by atoms with van der Waals surface area (Å²) >= 11 is 0. The van der Waals surface area contributed by atoms with Crippen molar-refractivity contribution in [2.45, 2.75) is 44.4 Å². The number of piperidine rings is 1. The van der Waals surface area contributed by atoms with Crippen molar-refractivity contribution in [1.82, 2.24) is 14.7 Å². The fourth-order valence-corrected chi connectivity index (χ4v) is 3.06. The molecule has 0 spiro atoms. The molecule has 5 nitrogen and oxygen atoms in total. The first kappa shape index (κ1) is 13.1. The maximum Gasteiger partial charge on any atom is 0.152 e. The highest BCUT2D eigenvalue weighted by Gasteiger charge is 2.25. The van der Waals surface area contributed by atoms with Crippen molar-refractivity contribution in [2.75, 3.05) is 18.0 Å². The number of anilines is 1. The van der Waals surface area contributed by atoms with Gasteiger partial charge in [-0.15, -0.1) is 0 Å². The van der Waals surface area contributed by atoms with Crippen LogP contribution in [-0.4, -0.2) is 39.7 Å². The lowest BCUT2D eigenvalue weighted by atomic mass is 10.1.